The first-order chi connectivity index (χ1) is 7.99. The zero-order valence-corrected chi connectivity index (χ0v) is 11.5. The van der Waals surface area contributed by atoms with Crippen molar-refractivity contribution >= 4 is 0 Å². The second-order valence-corrected chi connectivity index (χ2v) is 5.84. The van der Waals surface area contributed by atoms with Crippen molar-refractivity contribution in [2.45, 2.75) is 39.8 Å². The van der Waals surface area contributed by atoms with Crippen LogP contribution in [0, 0.1) is 13.8 Å². The van der Waals surface area contributed by atoms with Crippen molar-refractivity contribution in [3.63, 3.8) is 0 Å². The Morgan fingerprint density at radius 3 is 2.76 bits per heavy atom. The van der Waals surface area contributed by atoms with Crippen LogP contribution in [0.15, 0.2) is 18.2 Å². The monoisotopic (exact) mass is 232 g/mol. The van der Waals surface area contributed by atoms with Crippen LogP contribution in [0.4, 0.5) is 0 Å². The largest absolute Gasteiger partial charge is 0.314 e. The molecule has 0 aliphatic carbocycles. The van der Waals surface area contributed by atoms with E-state index in [0.29, 0.717) is 0 Å². The lowest BCUT2D eigenvalue weighted by Crippen LogP contribution is -2.57. The number of nitrogens with one attached hydrogen (secondary N) is 1. The molecule has 0 amide bonds. The van der Waals surface area contributed by atoms with E-state index in [4.69, 9.17) is 0 Å². The molecular weight excluding hydrogens is 208 g/mol. The highest BCUT2D eigenvalue weighted by Crippen LogP contribution is 2.21. The highest BCUT2D eigenvalue weighted by atomic mass is 15.2. The summed E-state index contributed by atoms with van der Waals surface area (Å²) in [4.78, 5) is 2.59. The Morgan fingerprint density at radius 1 is 1.29 bits per heavy atom. The quantitative estimate of drug-likeness (QED) is 0.843. The second-order valence-electron chi connectivity index (χ2n) is 5.84. The smallest absolute Gasteiger partial charge is 0.0281 e. The topological polar surface area (TPSA) is 15.3 Å². The minimum atomic E-state index is 0.258. The van der Waals surface area contributed by atoms with Crippen molar-refractivity contribution in [2.75, 3.05) is 19.6 Å². The predicted octanol–water partition coefficient (Wildman–Crippen LogP) is 2.49. The van der Waals surface area contributed by atoms with E-state index in [2.05, 4.69) is 56.1 Å². The van der Waals surface area contributed by atoms with Crippen LogP contribution in [0.2, 0.25) is 0 Å². The van der Waals surface area contributed by atoms with Crippen LogP contribution in [0.5, 0.6) is 0 Å². The molecule has 0 atom stereocenters. The summed E-state index contributed by atoms with van der Waals surface area (Å²) in [6, 6.07) is 6.76. The van der Waals surface area contributed by atoms with E-state index in [0.717, 1.165) is 26.2 Å². The van der Waals surface area contributed by atoms with Gasteiger partial charge in [0.1, 0.15) is 0 Å². The standard InChI is InChI=1S/C15H24N2/c1-12-5-6-13(2)14(9-12)10-17-8-7-16-11-15(17,3)4/h5-6,9,16H,7-8,10-11H2,1-4H3. The fraction of sp³-hybridized carbons (Fsp3) is 0.600. The lowest BCUT2D eigenvalue weighted by Gasteiger charge is -2.43. The Morgan fingerprint density at radius 2 is 2.06 bits per heavy atom. The van der Waals surface area contributed by atoms with Gasteiger partial charge in [-0.1, -0.05) is 23.8 Å². The number of hydrogen-bond donors (Lipinski definition) is 1. The zero-order chi connectivity index (χ0) is 12.5. The molecule has 0 unspecified atom stereocenters. The molecule has 0 saturated carbocycles. The molecule has 2 nitrogen and oxygen atoms in total. The maximum absolute atomic E-state index is 3.48. The highest BCUT2D eigenvalue weighted by molar-refractivity contribution is 5.30. The van der Waals surface area contributed by atoms with Crippen LogP contribution < -0.4 is 5.32 Å². The van der Waals surface area contributed by atoms with Crippen LogP contribution >= 0.6 is 0 Å². The first-order valence-electron chi connectivity index (χ1n) is 6.51. The zero-order valence-electron chi connectivity index (χ0n) is 11.5. The maximum atomic E-state index is 3.48. The number of aryl methyl sites for hydroxylation is 2. The minimum Gasteiger partial charge on any atom is -0.314 e. The molecule has 1 fully saturated rings. The minimum absolute atomic E-state index is 0.258. The molecule has 1 saturated heterocycles. The van der Waals surface area contributed by atoms with Crippen LogP contribution in [0.25, 0.3) is 0 Å². The normalized spacial score (nSPS) is 20.5. The second kappa shape index (κ2) is 4.79. The lowest BCUT2D eigenvalue weighted by molar-refractivity contribution is 0.0825. The summed E-state index contributed by atoms with van der Waals surface area (Å²) >= 11 is 0. The first-order valence-corrected chi connectivity index (χ1v) is 6.51. The predicted molar refractivity (Wildman–Crippen MR) is 73.3 cm³/mol. The van der Waals surface area contributed by atoms with Crippen LogP contribution in [0.1, 0.15) is 30.5 Å². The molecule has 1 N–H and O–H groups in total. The molecular formula is C15H24N2. The molecule has 1 aromatic carbocycles. The third kappa shape index (κ3) is 2.88. The van der Waals surface area contributed by atoms with Gasteiger partial charge in [-0.15, -0.1) is 0 Å². The van der Waals surface area contributed by atoms with E-state index >= 15 is 0 Å². The molecule has 94 valence electrons. The summed E-state index contributed by atoms with van der Waals surface area (Å²) in [5.41, 5.74) is 4.50. The van der Waals surface area contributed by atoms with Gasteiger partial charge in [-0.25, -0.2) is 0 Å². The average Bonchev–Trinajstić information content (AvgIpc) is 2.26. The maximum Gasteiger partial charge on any atom is 0.0281 e. The summed E-state index contributed by atoms with van der Waals surface area (Å²) < 4.78 is 0. The Labute approximate surface area is 105 Å². The van der Waals surface area contributed by atoms with Gasteiger partial charge in [0.15, 0.2) is 0 Å². The van der Waals surface area contributed by atoms with E-state index in [-0.39, 0.29) is 5.54 Å². The number of piperazine rings is 1. The van der Waals surface area contributed by atoms with Gasteiger partial charge in [0.05, 0.1) is 0 Å². The molecule has 0 aromatic heterocycles. The molecule has 1 heterocycles. The Balaban J connectivity index is 2.16. The Hall–Kier alpha value is -0.860. The fourth-order valence-electron chi connectivity index (χ4n) is 2.49. The molecule has 2 heteroatoms. The number of benzene rings is 1. The van der Waals surface area contributed by atoms with Gasteiger partial charge in [0.2, 0.25) is 0 Å². The van der Waals surface area contributed by atoms with E-state index in [1.54, 1.807) is 0 Å². The molecule has 1 aliphatic rings. The number of rotatable bonds is 2. The summed E-state index contributed by atoms with van der Waals surface area (Å²) in [7, 11) is 0. The van der Waals surface area contributed by atoms with Crippen LogP contribution in [-0.4, -0.2) is 30.1 Å². The summed E-state index contributed by atoms with van der Waals surface area (Å²) in [6.45, 7) is 13.4. The molecule has 0 radical (unpaired) electrons. The van der Waals surface area contributed by atoms with Crippen LogP contribution in [0.3, 0.4) is 0 Å². The van der Waals surface area contributed by atoms with E-state index in [1.165, 1.54) is 16.7 Å². The molecule has 0 spiro atoms. The van der Waals surface area contributed by atoms with E-state index < -0.39 is 0 Å². The van der Waals surface area contributed by atoms with Gasteiger partial charge in [-0.2, -0.15) is 0 Å². The fourth-order valence-corrected chi connectivity index (χ4v) is 2.49. The molecule has 2 rings (SSSR count). The van der Waals surface area contributed by atoms with Crippen molar-refractivity contribution in [1.29, 1.82) is 0 Å². The van der Waals surface area contributed by atoms with Gasteiger partial charge >= 0.3 is 0 Å². The summed E-state index contributed by atoms with van der Waals surface area (Å²) in [5, 5.41) is 3.48. The summed E-state index contributed by atoms with van der Waals surface area (Å²) in [5.74, 6) is 0. The van der Waals surface area contributed by atoms with Crippen molar-refractivity contribution in [2.24, 2.45) is 0 Å². The van der Waals surface area contributed by atoms with E-state index in [9.17, 15) is 0 Å². The first kappa shape index (κ1) is 12.6. The average molecular weight is 232 g/mol. The molecule has 1 aromatic rings. The molecule has 17 heavy (non-hydrogen) atoms. The van der Waals surface area contributed by atoms with Crippen molar-refractivity contribution < 1.29 is 0 Å². The SMILES string of the molecule is Cc1ccc(C)c(CN2CCNCC2(C)C)c1. The van der Waals surface area contributed by atoms with Crippen molar-refractivity contribution in [3.05, 3.63) is 34.9 Å². The van der Waals surface area contributed by atoms with Crippen molar-refractivity contribution in [1.82, 2.24) is 10.2 Å². The van der Waals surface area contributed by atoms with Gasteiger partial charge in [-0.3, -0.25) is 4.90 Å². The lowest BCUT2D eigenvalue weighted by atomic mass is 9.97. The molecule has 0 bridgehead atoms. The van der Waals surface area contributed by atoms with Crippen LogP contribution in [-0.2, 0) is 6.54 Å². The molecule has 1 aliphatic heterocycles. The highest BCUT2D eigenvalue weighted by Gasteiger charge is 2.29. The Kier molecular flexibility index (Phi) is 3.55. The third-order valence-corrected chi connectivity index (χ3v) is 3.84. The van der Waals surface area contributed by atoms with Gasteiger partial charge in [0.25, 0.3) is 0 Å². The number of nitrogens with zero attached hydrogens (tertiary/aromatic N) is 1. The van der Waals surface area contributed by atoms with E-state index in [1.807, 2.05) is 0 Å². The third-order valence-electron chi connectivity index (χ3n) is 3.84. The Bertz CT molecular complexity index is 396. The van der Waals surface area contributed by atoms with Gasteiger partial charge in [0, 0.05) is 31.7 Å². The van der Waals surface area contributed by atoms with Crippen molar-refractivity contribution in [3.8, 4) is 0 Å². The number of hydrogen-bond acceptors (Lipinski definition) is 2. The summed E-state index contributed by atoms with van der Waals surface area (Å²) in [6.07, 6.45) is 0. The van der Waals surface area contributed by atoms with Gasteiger partial charge in [-0.05, 0) is 38.8 Å². The van der Waals surface area contributed by atoms with Gasteiger partial charge < -0.3 is 5.32 Å².